The number of hydrogen-bond donors (Lipinski definition) is 2. The summed E-state index contributed by atoms with van der Waals surface area (Å²) in [6.45, 7) is 0.541. The molecule has 0 aliphatic heterocycles. The Morgan fingerprint density at radius 3 is 2.25 bits per heavy atom. The van der Waals surface area contributed by atoms with E-state index in [2.05, 4.69) is 23.5 Å². The van der Waals surface area contributed by atoms with E-state index in [1.54, 1.807) is 0 Å². The average Bonchev–Trinajstić information content (AvgIpc) is 2.61. The Bertz CT molecular complexity index is 817. The molecule has 0 aliphatic rings. The number of ether oxygens (including phenoxy) is 1. The van der Waals surface area contributed by atoms with Crippen molar-refractivity contribution in [2.75, 3.05) is 5.32 Å². The van der Waals surface area contributed by atoms with Gasteiger partial charge in [-0.3, -0.25) is 0 Å². The molecule has 24 heavy (non-hydrogen) atoms. The fourth-order valence-electron chi connectivity index (χ4n) is 2.44. The summed E-state index contributed by atoms with van der Waals surface area (Å²) in [4.78, 5) is 0. The van der Waals surface area contributed by atoms with Gasteiger partial charge in [-0.15, -0.1) is 0 Å². The van der Waals surface area contributed by atoms with Crippen LogP contribution in [0.25, 0.3) is 11.1 Å². The maximum absolute atomic E-state index is 6.02. The van der Waals surface area contributed by atoms with Crippen molar-refractivity contribution in [1.82, 2.24) is 0 Å². The highest BCUT2D eigenvalue weighted by atomic mass is 32.1. The van der Waals surface area contributed by atoms with Gasteiger partial charge in [-0.05, 0) is 41.5 Å². The second-order valence-electron chi connectivity index (χ2n) is 5.34. The van der Waals surface area contributed by atoms with Crippen molar-refractivity contribution in [1.29, 1.82) is 0 Å². The van der Waals surface area contributed by atoms with Crippen LogP contribution in [0.15, 0.2) is 78.9 Å². The summed E-state index contributed by atoms with van der Waals surface area (Å²) in [5.41, 5.74) is 9.63. The van der Waals surface area contributed by atoms with Crippen molar-refractivity contribution >= 4 is 23.0 Å². The van der Waals surface area contributed by atoms with Crippen molar-refractivity contribution in [2.24, 2.45) is 5.73 Å². The molecule has 0 saturated heterocycles. The molecule has 4 heteroatoms. The molecule has 0 unspecified atom stereocenters. The van der Waals surface area contributed by atoms with Crippen molar-refractivity contribution in [3.63, 3.8) is 0 Å². The molecule has 3 aromatic carbocycles. The van der Waals surface area contributed by atoms with Gasteiger partial charge in [0.1, 0.15) is 12.4 Å². The van der Waals surface area contributed by atoms with Gasteiger partial charge in [0.05, 0.1) is 0 Å². The van der Waals surface area contributed by atoms with Gasteiger partial charge in [-0.1, -0.05) is 60.7 Å². The molecule has 0 spiro atoms. The minimum atomic E-state index is 0.259. The van der Waals surface area contributed by atoms with E-state index in [0.29, 0.717) is 6.61 Å². The number of nitrogens with one attached hydrogen (secondary N) is 1. The fourth-order valence-corrected chi connectivity index (χ4v) is 2.56. The van der Waals surface area contributed by atoms with Crippen LogP contribution in [0.2, 0.25) is 0 Å². The molecule has 0 aromatic heterocycles. The fraction of sp³-hybridized carbons (Fsp3) is 0.0500. The van der Waals surface area contributed by atoms with E-state index in [9.17, 15) is 0 Å². The normalized spacial score (nSPS) is 10.2. The minimum absolute atomic E-state index is 0.259. The van der Waals surface area contributed by atoms with E-state index in [1.807, 2.05) is 60.7 Å². The van der Waals surface area contributed by atoms with Gasteiger partial charge in [0.25, 0.3) is 0 Å². The Balaban J connectivity index is 1.79. The Hall–Kier alpha value is -2.85. The zero-order chi connectivity index (χ0) is 16.8. The standard InChI is InChI=1S/C20H18N2OS/c21-20(24)22-17-12-10-16(11-13-17)18-8-4-5-9-19(18)23-14-15-6-2-1-3-7-15/h1-13H,14H2,(H3,21,22,24). The molecule has 3 N–H and O–H groups in total. The molecule has 3 aromatic rings. The van der Waals surface area contributed by atoms with Crippen LogP contribution in [0.5, 0.6) is 5.75 Å². The van der Waals surface area contributed by atoms with Crippen molar-refractivity contribution in [3.8, 4) is 16.9 Å². The van der Waals surface area contributed by atoms with Crippen molar-refractivity contribution in [2.45, 2.75) is 6.61 Å². The third-order valence-corrected chi connectivity index (χ3v) is 3.69. The predicted octanol–water partition coefficient (Wildman–Crippen LogP) is 4.59. The van der Waals surface area contributed by atoms with Crippen LogP contribution in [-0.4, -0.2) is 5.11 Å². The first-order valence-corrected chi connectivity index (χ1v) is 8.06. The van der Waals surface area contributed by atoms with Crippen LogP contribution in [0.3, 0.4) is 0 Å². The summed E-state index contributed by atoms with van der Waals surface area (Å²) in [5.74, 6) is 0.858. The summed E-state index contributed by atoms with van der Waals surface area (Å²) in [7, 11) is 0. The molecule has 0 radical (unpaired) electrons. The van der Waals surface area contributed by atoms with Gasteiger partial charge in [0.15, 0.2) is 5.11 Å². The second kappa shape index (κ2) is 7.62. The molecule has 0 bridgehead atoms. The number of nitrogens with two attached hydrogens (primary N) is 1. The number of para-hydroxylation sites is 1. The van der Waals surface area contributed by atoms with Gasteiger partial charge in [0, 0.05) is 11.3 Å². The van der Waals surface area contributed by atoms with Crippen molar-refractivity contribution in [3.05, 3.63) is 84.4 Å². The maximum atomic E-state index is 6.02. The van der Waals surface area contributed by atoms with E-state index in [0.717, 1.165) is 28.1 Å². The van der Waals surface area contributed by atoms with Gasteiger partial charge in [0.2, 0.25) is 0 Å². The predicted molar refractivity (Wildman–Crippen MR) is 103 cm³/mol. The van der Waals surface area contributed by atoms with Gasteiger partial charge in [-0.25, -0.2) is 0 Å². The number of anilines is 1. The van der Waals surface area contributed by atoms with E-state index < -0.39 is 0 Å². The summed E-state index contributed by atoms with van der Waals surface area (Å²) in [6, 6.07) is 26.1. The lowest BCUT2D eigenvalue weighted by molar-refractivity contribution is 0.307. The second-order valence-corrected chi connectivity index (χ2v) is 5.78. The Morgan fingerprint density at radius 2 is 1.54 bits per heavy atom. The Labute approximate surface area is 147 Å². The summed E-state index contributed by atoms with van der Waals surface area (Å²) in [6.07, 6.45) is 0. The minimum Gasteiger partial charge on any atom is -0.488 e. The number of rotatable bonds is 5. The van der Waals surface area contributed by atoms with E-state index in [-0.39, 0.29) is 5.11 Å². The van der Waals surface area contributed by atoms with E-state index >= 15 is 0 Å². The highest BCUT2D eigenvalue weighted by Crippen LogP contribution is 2.31. The molecule has 3 rings (SSSR count). The van der Waals surface area contributed by atoms with Gasteiger partial charge < -0.3 is 15.8 Å². The topological polar surface area (TPSA) is 47.3 Å². The molecule has 3 nitrogen and oxygen atoms in total. The lowest BCUT2D eigenvalue weighted by atomic mass is 10.0. The molecule has 0 fully saturated rings. The maximum Gasteiger partial charge on any atom is 0.168 e. The summed E-state index contributed by atoms with van der Waals surface area (Å²) < 4.78 is 6.02. The van der Waals surface area contributed by atoms with E-state index in [1.165, 1.54) is 0 Å². The summed E-state index contributed by atoms with van der Waals surface area (Å²) >= 11 is 4.85. The van der Waals surface area contributed by atoms with Crippen LogP contribution in [-0.2, 0) is 6.61 Å². The summed E-state index contributed by atoms with van der Waals surface area (Å²) in [5, 5.41) is 3.18. The third-order valence-electron chi connectivity index (χ3n) is 3.59. The quantitative estimate of drug-likeness (QED) is 0.670. The number of hydrogen-bond acceptors (Lipinski definition) is 2. The lowest BCUT2D eigenvalue weighted by Gasteiger charge is -2.12. The monoisotopic (exact) mass is 334 g/mol. The molecular weight excluding hydrogens is 316 g/mol. The third kappa shape index (κ3) is 4.12. The first kappa shape index (κ1) is 16.0. The first-order valence-electron chi connectivity index (χ1n) is 7.65. The van der Waals surface area contributed by atoms with Gasteiger partial charge in [-0.2, -0.15) is 0 Å². The molecule has 0 heterocycles. The van der Waals surface area contributed by atoms with Crippen LogP contribution >= 0.6 is 12.2 Å². The van der Waals surface area contributed by atoms with Crippen molar-refractivity contribution < 1.29 is 4.74 Å². The average molecular weight is 334 g/mol. The largest absolute Gasteiger partial charge is 0.488 e. The molecule has 0 saturated carbocycles. The van der Waals surface area contributed by atoms with Crippen LogP contribution in [0, 0.1) is 0 Å². The number of benzene rings is 3. The highest BCUT2D eigenvalue weighted by molar-refractivity contribution is 7.80. The zero-order valence-corrected chi connectivity index (χ0v) is 13.9. The van der Waals surface area contributed by atoms with Crippen LogP contribution in [0.1, 0.15) is 5.56 Å². The van der Waals surface area contributed by atoms with E-state index in [4.69, 9.17) is 22.7 Å². The SMILES string of the molecule is NC(=S)Nc1ccc(-c2ccccc2OCc2ccccc2)cc1. The molecule has 120 valence electrons. The highest BCUT2D eigenvalue weighted by Gasteiger charge is 2.06. The molecular formula is C20H18N2OS. The van der Waals surface area contributed by atoms with Crippen LogP contribution in [0.4, 0.5) is 5.69 Å². The Morgan fingerprint density at radius 1 is 0.875 bits per heavy atom. The molecule has 0 atom stereocenters. The van der Waals surface area contributed by atoms with Gasteiger partial charge >= 0.3 is 0 Å². The lowest BCUT2D eigenvalue weighted by Crippen LogP contribution is -2.18. The first-order chi connectivity index (χ1) is 11.7. The molecule has 0 amide bonds. The zero-order valence-electron chi connectivity index (χ0n) is 13.1. The number of thiocarbonyl (C=S) groups is 1. The smallest absolute Gasteiger partial charge is 0.168 e. The van der Waals surface area contributed by atoms with Crippen LogP contribution < -0.4 is 15.8 Å². The Kier molecular flexibility index (Phi) is 5.08. The molecule has 0 aliphatic carbocycles.